The Kier molecular flexibility index (Phi) is 2.27. The number of hydrogen-bond donors (Lipinski definition) is 1. The summed E-state index contributed by atoms with van der Waals surface area (Å²) >= 11 is 0. The lowest BCUT2D eigenvalue weighted by atomic mass is 10.0. The number of nitrogens with one attached hydrogen (secondary N) is 1. The third kappa shape index (κ3) is 1.85. The van der Waals surface area contributed by atoms with Crippen LogP contribution in [0.15, 0.2) is 30.6 Å². The fraction of sp³-hybridized carbons (Fsp3) is 0.400. The van der Waals surface area contributed by atoms with Crippen LogP contribution in [-0.2, 0) is 19.6 Å². The summed E-state index contributed by atoms with van der Waals surface area (Å²) in [5.41, 5.74) is 5.40. The van der Waals surface area contributed by atoms with Gasteiger partial charge in [0.05, 0.1) is 6.20 Å². The van der Waals surface area contributed by atoms with E-state index >= 15 is 0 Å². The highest BCUT2D eigenvalue weighted by molar-refractivity contribution is 5.63. The second-order valence-corrected chi connectivity index (χ2v) is 5.48. The van der Waals surface area contributed by atoms with Gasteiger partial charge in [-0.05, 0) is 41.5 Å². The lowest BCUT2D eigenvalue weighted by molar-refractivity contribution is 0.563. The van der Waals surface area contributed by atoms with Gasteiger partial charge in [0.25, 0.3) is 0 Å². The molecule has 0 amide bonds. The van der Waals surface area contributed by atoms with E-state index in [2.05, 4.69) is 39.5 Å². The molecule has 2 aromatic rings. The molecule has 3 heteroatoms. The normalized spacial score (nSPS) is 18.0. The van der Waals surface area contributed by atoms with E-state index in [1.165, 1.54) is 35.1 Å². The molecule has 0 atom stereocenters. The van der Waals surface area contributed by atoms with E-state index in [1.807, 2.05) is 6.20 Å². The average molecular weight is 239 g/mol. The van der Waals surface area contributed by atoms with E-state index in [-0.39, 0.29) is 0 Å². The van der Waals surface area contributed by atoms with Crippen molar-refractivity contribution in [2.75, 3.05) is 0 Å². The quantitative estimate of drug-likeness (QED) is 0.892. The Balaban J connectivity index is 1.63. The molecular formula is C15H17N3. The van der Waals surface area contributed by atoms with Gasteiger partial charge in [0, 0.05) is 31.4 Å². The standard InChI is InChI=1S/C15H17N3/c1-2-11(1)9-18-10-15(8-17-18)12-3-4-13-6-16-7-14(13)5-12/h3-5,8,10-11,16H,1-2,6-7,9H2. The number of fused-ring (bicyclic) bond motifs is 1. The van der Waals surface area contributed by atoms with E-state index in [1.54, 1.807) is 0 Å². The van der Waals surface area contributed by atoms with Gasteiger partial charge in [-0.1, -0.05) is 12.1 Å². The molecular weight excluding hydrogens is 222 g/mol. The number of hydrogen-bond acceptors (Lipinski definition) is 2. The highest BCUT2D eigenvalue weighted by Gasteiger charge is 2.22. The Bertz CT molecular complexity index is 581. The Morgan fingerprint density at radius 2 is 2.06 bits per heavy atom. The summed E-state index contributed by atoms with van der Waals surface area (Å²) in [6.45, 7) is 3.10. The molecule has 1 saturated carbocycles. The maximum absolute atomic E-state index is 4.47. The van der Waals surface area contributed by atoms with E-state index < -0.39 is 0 Å². The molecule has 4 rings (SSSR count). The molecule has 18 heavy (non-hydrogen) atoms. The molecule has 0 bridgehead atoms. The largest absolute Gasteiger partial charge is 0.309 e. The summed E-state index contributed by atoms with van der Waals surface area (Å²) in [6.07, 6.45) is 6.92. The summed E-state index contributed by atoms with van der Waals surface area (Å²) in [4.78, 5) is 0. The molecule has 92 valence electrons. The molecule has 1 aliphatic carbocycles. The van der Waals surface area contributed by atoms with Crippen molar-refractivity contribution in [3.63, 3.8) is 0 Å². The summed E-state index contributed by atoms with van der Waals surface area (Å²) in [5.74, 6) is 0.877. The van der Waals surface area contributed by atoms with Crippen LogP contribution in [0.1, 0.15) is 24.0 Å². The highest BCUT2D eigenvalue weighted by atomic mass is 15.3. The molecule has 1 N–H and O–H groups in total. The molecule has 3 nitrogen and oxygen atoms in total. The predicted octanol–water partition coefficient (Wildman–Crippen LogP) is 2.56. The van der Waals surface area contributed by atoms with E-state index in [0.717, 1.165) is 25.6 Å². The number of nitrogens with zero attached hydrogens (tertiary/aromatic N) is 2. The Morgan fingerprint density at radius 3 is 2.94 bits per heavy atom. The topological polar surface area (TPSA) is 29.9 Å². The highest BCUT2D eigenvalue weighted by Crippen LogP contribution is 2.31. The van der Waals surface area contributed by atoms with E-state index in [9.17, 15) is 0 Å². The molecule has 0 unspecified atom stereocenters. The number of benzene rings is 1. The zero-order valence-corrected chi connectivity index (χ0v) is 10.4. The SMILES string of the molecule is c1cc2c(cc1-c1cnn(CC3CC3)c1)CNC2. The third-order valence-corrected chi connectivity index (χ3v) is 3.95. The van der Waals surface area contributed by atoms with Gasteiger partial charge in [0.15, 0.2) is 0 Å². The second kappa shape index (κ2) is 3.95. The van der Waals surface area contributed by atoms with Crippen molar-refractivity contribution in [2.24, 2.45) is 5.92 Å². The van der Waals surface area contributed by atoms with Crippen LogP contribution in [0.3, 0.4) is 0 Å². The molecule has 0 saturated heterocycles. The van der Waals surface area contributed by atoms with Crippen LogP contribution in [0, 0.1) is 5.92 Å². The van der Waals surface area contributed by atoms with Crippen molar-refractivity contribution < 1.29 is 0 Å². The second-order valence-electron chi connectivity index (χ2n) is 5.48. The fourth-order valence-electron chi connectivity index (χ4n) is 2.65. The molecule has 2 aliphatic rings. The van der Waals surface area contributed by atoms with Crippen molar-refractivity contribution in [3.05, 3.63) is 41.7 Å². The van der Waals surface area contributed by atoms with Crippen LogP contribution in [-0.4, -0.2) is 9.78 Å². The first kappa shape index (κ1) is 10.3. The van der Waals surface area contributed by atoms with Crippen molar-refractivity contribution >= 4 is 0 Å². The third-order valence-electron chi connectivity index (χ3n) is 3.95. The first-order valence-electron chi connectivity index (χ1n) is 6.74. The van der Waals surface area contributed by atoms with Crippen LogP contribution >= 0.6 is 0 Å². The minimum absolute atomic E-state index is 0.877. The molecule has 0 radical (unpaired) electrons. The van der Waals surface area contributed by atoms with Gasteiger partial charge in [-0.25, -0.2) is 0 Å². The zero-order valence-electron chi connectivity index (χ0n) is 10.4. The molecule has 0 spiro atoms. The lowest BCUT2D eigenvalue weighted by Gasteiger charge is -2.02. The van der Waals surface area contributed by atoms with Gasteiger partial charge < -0.3 is 5.32 Å². The zero-order chi connectivity index (χ0) is 11.9. The predicted molar refractivity (Wildman–Crippen MR) is 70.9 cm³/mol. The van der Waals surface area contributed by atoms with Gasteiger partial charge in [-0.2, -0.15) is 5.10 Å². The van der Waals surface area contributed by atoms with Gasteiger partial charge in [-0.15, -0.1) is 0 Å². The van der Waals surface area contributed by atoms with Crippen LogP contribution in [0.2, 0.25) is 0 Å². The molecule has 1 aromatic heterocycles. The Labute approximate surface area is 107 Å². The van der Waals surface area contributed by atoms with Crippen molar-refractivity contribution in [2.45, 2.75) is 32.5 Å². The monoisotopic (exact) mass is 239 g/mol. The lowest BCUT2D eigenvalue weighted by Crippen LogP contribution is -1.99. The number of rotatable bonds is 3. The molecule has 1 aromatic carbocycles. The average Bonchev–Trinajstić information content (AvgIpc) is 2.91. The Morgan fingerprint density at radius 1 is 1.17 bits per heavy atom. The Hall–Kier alpha value is -1.61. The van der Waals surface area contributed by atoms with Gasteiger partial charge in [-0.3, -0.25) is 4.68 Å². The van der Waals surface area contributed by atoms with Crippen LogP contribution in [0.4, 0.5) is 0 Å². The maximum Gasteiger partial charge on any atom is 0.0568 e. The van der Waals surface area contributed by atoms with Gasteiger partial charge >= 0.3 is 0 Å². The fourth-order valence-corrected chi connectivity index (χ4v) is 2.65. The molecule has 1 aliphatic heterocycles. The smallest absolute Gasteiger partial charge is 0.0568 e. The molecule has 1 fully saturated rings. The first-order valence-corrected chi connectivity index (χ1v) is 6.74. The molecule has 2 heterocycles. The van der Waals surface area contributed by atoms with Crippen LogP contribution in [0.5, 0.6) is 0 Å². The minimum Gasteiger partial charge on any atom is -0.309 e. The summed E-state index contributed by atoms with van der Waals surface area (Å²) in [6, 6.07) is 6.75. The summed E-state index contributed by atoms with van der Waals surface area (Å²) < 4.78 is 2.10. The van der Waals surface area contributed by atoms with E-state index in [4.69, 9.17) is 0 Å². The van der Waals surface area contributed by atoms with E-state index in [0.29, 0.717) is 0 Å². The summed E-state index contributed by atoms with van der Waals surface area (Å²) in [5, 5.41) is 7.85. The summed E-state index contributed by atoms with van der Waals surface area (Å²) in [7, 11) is 0. The van der Waals surface area contributed by atoms with Crippen LogP contribution in [0.25, 0.3) is 11.1 Å². The number of aromatic nitrogens is 2. The van der Waals surface area contributed by atoms with Crippen molar-refractivity contribution in [1.29, 1.82) is 0 Å². The van der Waals surface area contributed by atoms with Crippen LogP contribution < -0.4 is 5.32 Å². The van der Waals surface area contributed by atoms with Gasteiger partial charge in [0.2, 0.25) is 0 Å². The minimum atomic E-state index is 0.877. The van der Waals surface area contributed by atoms with Crippen molar-refractivity contribution in [3.8, 4) is 11.1 Å². The van der Waals surface area contributed by atoms with Gasteiger partial charge in [0.1, 0.15) is 0 Å². The first-order chi connectivity index (χ1) is 8.88. The maximum atomic E-state index is 4.47. The van der Waals surface area contributed by atoms with Crippen molar-refractivity contribution in [1.82, 2.24) is 15.1 Å².